The van der Waals surface area contributed by atoms with Gasteiger partial charge in [0.25, 0.3) is 11.8 Å². The fourth-order valence-corrected chi connectivity index (χ4v) is 6.98. The van der Waals surface area contributed by atoms with Crippen LogP contribution in [0, 0.1) is 13.8 Å². The fraction of sp³-hybridized carbons (Fsp3) is 0.135. The molecule has 3 amide bonds. The van der Waals surface area contributed by atoms with Gasteiger partial charge in [0, 0.05) is 36.6 Å². The second-order valence-corrected chi connectivity index (χ2v) is 14.1. The van der Waals surface area contributed by atoms with Crippen molar-refractivity contribution in [3.05, 3.63) is 134 Å². The molecule has 1 aromatic heterocycles. The van der Waals surface area contributed by atoms with E-state index in [1.165, 1.54) is 34.7 Å². The first-order chi connectivity index (χ1) is 23.1. The van der Waals surface area contributed by atoms with Crippen molar-refractivity contribution in [2.75, 3.05) is 10.6 Å². The maximum Gasteiger partial charge on any atom is 0.272 e. The van der Waals surface area contributed by atoms with Crippen LogP contribution in [0.2, 0.25) is 10.0 Å². The van der Waals surface area contributed by atoms with Crippen molar-refractivity contribution in [1.82, 2.24) is 10.3 Å². The maximum absolute atomic E-state index is 13.6. The molecular formula is C37H32Cl2N4O3S2. The lowest BCUT2D eigenvalue weighted by molar-refractivity contribution is -0.116. The van der Waals surface area contributed by atoms with Gasteiger partial charge in [-0.15, -0.1) is 23.1 Å². The van der Waals surface area contributed by atoms with Gasteiger partial charge >= 0.3 is 0 Å². The van der Waals surface area contributed by atoms with E-state index >= 15 is 0 Å². The summed E-state index contributed by atoms with van der Waals surface area (Å²) in [6.45, 7) is 5.98. The molecule has 4 aromatic carbocycles. The smallest absolute Gasteiger partial charge is 0.272 e. The van der Waals surface area contributed by atoms with E-state index in [9.17, 15) is 14.4 Å². The fourth-order valence-electron chi connectivity index (χ4n) is 4.66. The molecule has 0 fully saturated rings. The lowest BCUT2D eigenvalue weighted by atomic mass is 10.1. The predicted molar refractivity (Wildman–Crippen MR) is 199 cm³/mol. The molecule has 0 bridgehead atoms. The van der Waals surface area contributed by atoms with Gasteiger partial charge in [0.15, 0.2) is 5.13 Å². The SMILES string of the molecule is CCC(Sc1cccc(NC(=O)/C(=C\c2ccc(Cl)cc2Cl)NC(=O)c2ccccc2)c1)C(=O)Nc1nc(-c2ccc(C)cc2)c(C)s1. The van der Waals surface area contributed by atoms with Crippen LogP contribution in [-0.4, -0.2) is 28.0 Å². The number of nitrogens with zero attached hydrogens (tertiary/aromatic N) is 1. The molecule has 11 heteroatoms. The summed E-state index contributed by atoms with van der Waals surface area (Å²) in [6, 6.07) is 28.8. The number of aromatic nitrogens is 1. The summed E-state index contributed by atoms with van der Waals surface area (Å²) >= 11 is 15.3. The molecule has 244 valence electrons. The third kappa shape index (κ3) is 9.14. The Bertz CT molecular complexity index is 1980. The first-order valence-electron chi connectivity index (χ1n) is 15.1. The third-order valence-electron chi connectivity index (χ3n) is 7.18. The molecular weight excluding hydrogens is 683 g/mol. The number of halogens is 2. The number of hydrogen-bond donors (Lipinski definition) is 3. The molecule has 1 unspecified atom stereocenters. The number of aryl methyl sites for hydroxylation is 2. The summed E-state index contributed by atoms with van der Waals surface area (Å²) in [7, 11) is 0. The van der Waals surface area contributed by atoms with Crippen molar-refractivity contribution in [2.45, 2.75) is 37.3 Å². The van der Waals surface area contributed by atoms with Gasteiger partial charge in [0.2, 0.25) is 5.91 Å². The highest BCUT2D eigenvalue weighted by Crippen LogP contribution is 2.33. The Hall–Kier alpha value is -4.41. The molecule has 5 aromatic rings. The molecule has 0 saturated heterocycles. The maximum atomic E-state index is 13.6. The van der Waals surface area contributed by atoms with Gasteiger partial charge in [-0.2, -0.15) is 0 Å². The average Bonchev–Trinajstić information content (AvgIpc) is 3.44. The lowest BCUT2D eigenvalue weighted by Crippen LogP contribution is -2.30. The zero-order valence-corrected chi connectivity index (χ0v) is 29.5. The number of amides is 3. The van der Waals surface area contributed by atoms with Crippen LogP contribution < -0.4 is 16.0 Å². The Morgan fingerprint density at radius 2 is 1.65 bits per heavy atom. The number of thiazole rings is 1. The third-order valence-corrected chi connectivity index (χ3v) is 9.98. The quantitative estimate of drug-likeness (QED) is 0.0935. The molecule has 0 aliphatic rings. The molecule has 48 heavy (non-hydrogen) atoms. The Kier molecular flexibility index (Phi) is 11.7. The number of carbonyl (C=O) groups is 3. The number of nitrogens with one attached hydrogen (secondary N) is 3. The zero-order chi connectivity index (χ0) is 34.2. The van der Waals surface area contributed by atoms with Crippen LogP contribution in [0.15, 0.2) is 108 Å². The zero-order valence-electron chi connectivity index (χ0n) is 26.3. The lowest BCUT2D eigenvalue weighted by Gasteiger charge is -2.15. The van der Waals surface area contributed by atoms with Crippen LogP contribution >= 0.6 is 46.3 Å². The van der Waals surface area contributed by atoms with Crippen molar-refractivity contribution >= 4 is 80.9 Å². The van der Waals surface area contributed by atoms with Gasteiger partial charge < -0.3 is 16.0 Å². The topological polar surface area (TPSA) is 100 Å². The van der Waals surface area contributed by atoms with Crippen molar-refractivity contribution in [3.8, 4) is 11.3 Å². The Balaban J connectivity index is 1.30. The van der Waals surface area contributed by atoms with Crippen LogP contribution in [0.3, 0.4) is 0 Å². The second-order valence-electron chi connectivity index (χ2n) is 10.8. The normalized spacial score (nSPS) is 11.9. The van der Waals surface area contributed by atoms with Crippen LogP contribution in [0.5, 0.6) is 0 Å². The van der Waals surface area contributed by atoms with Crippen molar-refractivity contribution in [3.63, 3.8) is 0 Å². The van der Waals surface area contributed by atoms with Gasteiger partial charge in [-0.3, -0.25) is 14.4 Å². The van der Waals surface area contributed by atoms with Crippen LogP contribution in [0.1, 0.15) is 39.7 Å². The van der Waals surface area contributed by atoms with E-state index < -0.39 is 17.1 Å². The van der Waals surface area contributed by atoms with Crippen molar-refractivity contribution in [2.24, 2.45) is 0 Å². The highest BCUT2D eigenvalue weighted by molar-refractivity contribution is 8.00. The van der Waals surface area contributed by atoms with Crippen LogP contribution in [0.25, 0.3) is 17.3 Å². The minimum Gasteiger partial charge on any atom is -0.321 e. The minimum absolute atomic E-state index is 0.0132. The van der Waals surface area contributed by atoms with Crippen molar-refractivity contribution in [1.29, 1.82) is 0 Å². The van der Waals surface area contributed by atoms with Crippen LogP contribution in [0.4, 0.5) is 10.8 Å². The van der Waals surface area contributed by atoms with E-state index in [1.54, 1.807) is 66.7 Å². The monoisotopic (exact) mass is 714 g/mol. The highest BCUT2D eigenvalue weighted by Gasteiger charge is 2.21. The average molecular weight is 716 g/mol. The predicted octanol–water partition coefficient (Wildman–Crippen LogP) is 9.65. The van der Waals surface area contributed by atoms with Crippen molar-refractivity contribution < 1.29 is 14.4 Å². The molecule has 0 saturated carbocycles. The second kappa shape index (κ2) is 16.1. The van der Waals surface area contributed by atoms with Gasteiger partial charge in [-0.1, -0.05) is 90.3 Å². The van der Waals surface area contributed by atoms with Gasteiger partial charge in [-0.05, 0) is 74.4 Å². The number of benzene rings is 4. The van der Waals surface area contributed by atoms with Gasteiger partial charge in [0.05, 0.1) is 10.9 Å². The highest BCUT2D eigenvalue weighted by atomic mass is 35.5. The van der Waals surface area contributed by atoms with Gasteiger partial charge in [-0.25, -0.2) is 4.98 Å². The van der Waals surface area contributed by atoms with E-state index in [-0.39, 0.29) is 11.6 Å². The standard InChI is InChI=1S/C37H32Cl2N4O3S2/c1-4-32(36(46)43-37-42-33(23(3)47-37)24-15-13-22(2)14-16-24)48-29-12-8-11-28(21-29)40-35(45)31(19-26-17-18-27(38)20-30(26)39)41-34(44)25-9-6-5-7-10-25/h5-21,32H,4H2,1-3H3,(H,40,45)(H,41,44)(H,42,43,46)/b31-19+. The number of thioether (sulfide) groups is 1. The summed E-state index contributed by atoms with van der Waals surface area (Å²) in [6.07, 6.45) is 2.07. The largest absolute Gasteiger partial charge is 0.321 e. The molecule has 0 aliphatic carbocycles. The number of hydrogen-bond acceptors (Lipinski definition) is 6. The minimum atomic E-state index is -0.555. The van der Waals surface area contributed by atoms with E-state index in [0.717, 1.165) is 21.0 Å². The van der Waals surface area contributed by atoms with E-state index in [0.29, 0.717) is 38.4 Å². The van der Waals surface area contributed by atoms with E-state index in [1.807, 2.05) is 51.1 Å². The summed E-state index contributed by atoms with van der Waals surface area (Å²) in [4.78, 5) is 46.4. The van der Waals surface area contributed by atoms with E-state index in [2.05, 4.69) is 16.0 Å². The summed E-state index contributed by atoms with van der Waals surface area (Å²) in [5, 5.41) is 9.47. The summed E-state index contributed by atoms with van der Waals surface area (Å²) < 4.78 is 0. The first-order valence-corrected chi connectivity index (χ1v) is 17.5. The summed E-state index contributed by atoms with van der Waals surface area (Å²) in [5.74, 6) is -1.17. The Morgan fingerprint density at radius 3 is 2.35 bits per heavy atom. The molecule has 0 spiro atoms. The molecule has 1 heterocycles. The molecule has 1 atom stereocenters. The van der Waals surface area contributed by atoms with Gasteiger partial charge in [0.1, 0.15) is 5.70 Å². The summed E-state index contributed by atoms with van der Waals surface area (Å²) in [5.41, 5.74) is 4.39. The molecule has 3 N–H and O–H groups in total. The molecule has 0 radical (unpaired) electrons. The Labute approximate surface area is 297 Å². The number of anilines is 2. The molecule has 5 rings (SSSR count). The number of carbonyl (C=O) groups excluding carboxylic acids is 3. The Morgan fingerprint density at radius 1 is 0.896 bits per heavy atom. The first kappa shape index (κ1) is 34.9. The molecule has 7 nitrogen and oxygen atoms in total. The van der Waals surface area contributed by atoms with Crippen LogP contribution in [-0.2, 0) is 9.59 Å². The molecule has 0 aliphatic heterocycles. The number of rotatable bonds is 11. The van der Waals surface area contributed by atoms with E-state index in [4.69, 9.17) is 28.2 Å².